The summed E-state index contributed by atoms with van der Waals surface area (Å²) in [5.41, 5.74) is 1.68. The maximum absolute atomic E-state index is 5.20. The first kappa shape index (κ1) is 15.8. The zero-order chi connectivity index (χ0) is 15.6. The van der Waals surface area contributed by atoms with Gasteiger partial charge in [0.25, 0.3) is 0 Å². The van der Waals surface area contributed by atoms with Crippen LogP contribution in [0.1, 0.15) is 39.5 Å². The first-order valence-corrected chi connectivity index (χ1v) is 8.63. The Balaban J connectivity index is 1.76. The summed E-state index contributed by atoms with van der Waals surface area (Å²) in [5, 5.41) is 3.68. The number of nitrogens with zero attached hydrogens (tertiary/aromatic N) is 2. The Morgan fingerprint density at radius 2 is 2.27 bits per heavy atom. The first-order chi connectivity index (χ1) is 10.7. The first-order valence-electron chi connectivity index (χ1n) is 8.63. The molecule has 1 N–H and O–H groups in total. The molecule has 3 rings (SSSR count). The highest BCUT2D eigenvalue weighted by molar-refractivity contribution is 5.93. The summed E-state index contributed by atoms with van der Waals surface area (Å²) in [6.45, 7) is 7.44. The Labute approximate surface area is 134 Å². The molecule has 4 heteroatoms. The SMILES string of the molecule is CCC1(C)C=CN=C2C1C(CNC1CC1)=CN2CCCOC. The lowest BCUT2D eigenvalue weighted by molar-refractivity contribution is 0.190. The molecule has 0 radical (unpaired) electrons. The van der Waals surface area contributed by atoms with Gasteiger partial charge in [0.15, 0.2) is 0 Å². The predicted octanol–water partition coefficient (Wildman–Crippen LogP) is 2.93. The van der Waals surface area contributed by atoms with Crippen molar-refractivity contribution >= 4 is 5.84 Å². The van der Waals surface area contributed by atoms with Crippen molar-refractivity contribution in [3.63, 3.8) is 0 Å². The van der Waals surface area contributed by atoms with E-state index in [-0.39, 0.29) is 5.41 Å². The van der Waals surface area contributed by atoms with Crippen LogP contribution in [0.5, 0.6) is 0 Å². The number of fused-ring (bicyclic) bond motifs is 1. The number of aliphatic imine (C=N–C) groups is 1. The maximum atomic E-state index is 5.20. The Hall–Kier alpha value is -1.13. The second kappa shape index (κ2) is 6.55. The Kier molecular flexibility index (Phi) is 4.69. The van der Waals surface area contributed by atoms with E-state index in [1.54, 1.807) is 7.11 Å². The van der Waals surface area contributed by atoms with Gasteiger partial charge in [0.1, 0.15) is 5.84 Å². The number of amidine groups is 1. The van der Waals surface area contributed by atoms with Gasteiger partial charge in [-0.25, -0.2) is 4.99 Å². The van der Waals surface area contributed by atoms with Crippen LogP contribution in [0.3, 0.4) is 0 Å². The second-order valence-corrected chi connectivity index (χ2v) is 6.99. The minimum absolute atomic E-state index is 0.185. The van der Waals surface area contributed by atoms with E-state index in [1.807, 2.05) is 6.20 Å². The molecule has 0 bridgehead atoms. The largest absolute Gasteiger partial charge is 0.385 e. The van der Waals surface area contributed by atoms with Crippen LogP contribution >= 0.6 is 0 Å². The van der Waals surface area contributed by atoms with Crippen molar-refractivity contribution in [1.82, 2.24) is 10.2 Å². The molecule has 4 nitrogen and oxygen atoms in total. The van der Waals surface area contributed by atoms with Gasteiger partial charge in [-0.05, 0) is 31.3 Å². The van der Waals surface area contributed by atoms with Crippen molar-refractivity contribution in [2.45, 2.75) is 45.6 Å². The Bertz CT molecular complexity index is 493. The van der Waals surface area contributed by atoms with Gasteiger partial charge in [0, 0.05) is 50.7 Å². The third-order valence-corrected chi connectivity index (χ3v) is 5.25. The molecule has 0 aromatic carbocycles. The van der Waals surface area contributed by atoms with Gasteiger partial charge in [-0.15, -0.1) is 0 Å². The number of hydrogen-bond acceptors (Lipinski definition) is 4. The number of methoxy groups -OCH3 is 1. The van der Waals surface area contributed by atoms with E-state index < -0.39 is 0 Å². The lowest BCUT2D eigenvalue weighted by Gasteiger charge is -2.37. The molecule has 2 atom stereocenters. The van der Waals surface area contributed by atoms with Crippen LogP contribution in [0.2, 0.25) is 0 Å². The molecule has 2 unspecified atom stereocenters. The van der Waals surface area contributed by atoms with Crippen LogP contribution in [0.25, 0.3) is 0 Å². The highest BCUT2D eigenvalue weighted by atomic mass is 16.5. The van der Waals surface area contributed by atoms with E-state index >= 15 is 0 Å². The molecule has 122 valence electrons. The molecule has 0 saturated heterocycles. The molecule has 1 saturated carbocycles. The van der Waals surface area contributed by atoms with E-state index in [2.05, 4.69) is 36.3 Å². The molecular formula is C18H29N3O. The van der Waals surface area contributed by atoms with Gasteiger partial charge in [0.2, 0.25) is 0 Å². The third kappa shape index (κ3) is 3.13. The summed E-state index contributed by atoms with van der Waals surface area (Å²) >= 11 is 0. The number of nitrogens with one attached hydrogen (secondary N) is 1. The molecule has 0 amide bonds. The summed E-state index contributed by atoms with van der Waals surface area (Å²) < 4.78 is 5.20. The van der Waals surface area contributed by atoms with Crippen molar-refractivity contribution in [2.75, 3.05) is 26.8 Å². The molecule has 22 heavy (non-hydrogen) atoms. The molecule has 3 aliphatic rings. The van der Waals surface area contributed by atoms with E-state index in [4.69, 9.17) is 9.73 Å². The monoisotopic (exact) mass is 303 g/mol. The summed E-state index contributed by atoms with van der Waals surface area (Å²) in [4.78, 5) is 7.08. The lowest BCUT2D eigenvalue weighted by Crippen LogP contribution is -2.39. The zero-order valence-electron chi connectivity index (χ0n) is 14.1. The van der Waals surface area contributed by atoms with Crippen LogP contribution < -0.4 is 5.32 Å². The Morgan fingerprint density at radius 1 is 1.45 bits per heavy atom. The van der Waals surface area contributed by atoms with Gasteiger partial charge < -0.3 is 15.0 Å². The fourth-order valence-corrected chi connectivity index (χ4v) is 3.50. The van der Waals surface area contributed by atoms with Crippen LogP contribution in [-0.4, -0.2) is 43.6 Å². The van der Waals surface area contributed by atoms with Crippen LogP contribution in [0.15, 0.2) is 29.0 Å². The summed E-state index contributed by atoms with van der Waals surface area (Å²) in [6.07, 6.45) is 11.5. The number of ether oxygens (including phenoxy) is 1. The highest BCUT2D eigenvalue weighted by Crippen LogP contribution is 2.44. The Morgan fingerprint density at radius 3 is 2.95 bits per heavy atom. The van der Waals surface area contributed by atoms with Gasteiger partial charge in [0.05, 0.1) is 5.92 Å². The number of allylic oxidation sites excluding steroid dienone is 1. The summed E-state index contributed by atoms with van der Waals surface area (Å²) in [7, 11) is 1.77. The van der Waals surface area contributed by atoms with Crippen molar-refractivity contribution in [3.8, 4) is 0 Å². The van der Waals surface area contributed by atoms with Crippen molar-refractivity contribution < 1.29 is 4.74 Å². The highest BCUT2D eigenvalue weighted by Gasteiger charge is 2.43. The van der Waals surface area contributed by atoms with E-state index in [0.717, 1.165) is 38.6 Å². The molecular weight excluding hydrogens is 274 g/mol. The van der Waals surface area contributed by atoms with Crippen LogP contribution in [0, 0.1) is 11.3 Å². The molecule has 0 spiro atoms. The standard InChI is InChI=1S/C18H29N3O/c1-4-18(2)8-9-19-17-16(18)14(12-20-15-6-7-15)13-21(17)10-5-11-22-3/h8-9,13,15-16,20H,4-7,10-12H2,1-3H3. The minimum atomic E-state index is 0.185. The van der Waals surface area contributed by atoms with E-state index in [1.165, 1.54) is 24.3 Å². The van der Waals surface area contributed by atoms with Crippen molar-refractivity contribution in [2.24, 2.45) is 16.3 Å². The van der Waals surface area contributed by atoms with Gasteiger partial charge in [-0.1, -0.05) is 19.9 Å². The molecule has 2 aliphatic heterocycles. The lowest BCUT2D eigenvalue weighted by atomic mass is 9.70. The average Bonchev–Trinajstić information content (AvgIpc) is 3.28. The maximum Gasteiger partial charge on any atom is 0.116 e. The quantitative estimate of drug-likeness (QED) is 0.701. The predicted molar refractivity (Wildman–Crippen MR) is 90.8 cm³/mol. The fourth-order valence-electron chi connectivity index (χ4n) is 3.50. The molecule has 1 aliphatic carbocycles. The fraction of sp³-hybridized carbons (Fsp3) is 0.722. The molecule has 2 heterocycles. The second-order valence-electron chi connectivity index (χ2n) is 6.99. The molecule has 0 aromatic heterocycles. The van der Waals surface area contributed by atoms with Gasteiger partial charge >= 0.3 is 0 Å². The normalized spacial score (nSPS) is 30.3. The van der Waals surface area contributed by atoms with Gasteiger partial charge in [-0.3, -0.25) is 0 Å². The molecule has 1 fully saturated rings. The minimum Gasteiger partial charge on any atom is -0.385 e. The van der Waals surface area contributed by atoms with Crippen molar-refractivity contribution in [1.29, 1.82) is 0 Å². The summed E-state index contributed by atoms with van der Waals surface area (Å²) in [6, 6.07) is 0.746. The van der Waals surface area contributed by atoms with Crippen molar-refractivity contribution in [3.05, 3.63) is 24.0 Å². The van der Waals surface area contributed by atoms with E-state index in [9.17, 15) is 0 Å². The van der Waals surface area contributed by atoms with Gasteiger partial charge in [-0.2, -0.15) is 0 Å². The number of hydrogen-bond donors (Lipinski definition) is 1. The summed E-state index contributed by atoms with van der Waals surface area (Å²) in [5.74, 6) is 1.66. The average molecular weight is 303 g/mol. The number of rotatable bonds is 8. The van der Waals surface area contributed by atoms with Crippen LogP contribution in [-0.2, 0) is 4.74 Å². The topological polar surface area (TPSA) is 36.9 Å². The smallest absolute Gasteiger partial charge is 0.116 e. The van der Waals surface area contributed by atoms with Crippen LogP contribution in [0.4, 0.5) is 0 Å². The van der Waals surface area contributed by atoms with E-state index in [0.29, 0.717) is 5.92 Å². The zero-order valence-corrected chi connectivity index (χ0v) is 14.1. The third-order valence-electron chi connectivity index (χ3n) is 5.25. The molecule has 0 aromatic rings.